The summed E-state index contributed by atoms with van der Waals surface area (Å²) in [4.78, 5) is 16.1. The summed E-state index contributed by atoms with van der Waals surface area (Å²) in [5, 5.41) is 3.06. The lowest BCUT2D eigenvalue weighted by molar-refractivity contribution is -0.138. The van der Waals surface area contributed by atoms with Crippen molar-refractivity contribution in [3.63, 3.8) is 0 Å². The van der Waals surface area contributed by atoms with E-state index in [9.17, 15) is 18.0 Å². The van der Waals surface area contributed by atoms with Crippen LogP contribution in [0.25, 0.3) is 0 Å². The number of nitrogens with zero attached hydrogens (tertiary/aromatic N) is 2. The monoisotopic (exact) mass is 435 g/mol. The molecule has 0 bridgehead atoms. The van der Waals surface area contributed by atoms with Crippen LogP contribution in [0.15, 0.2) is 48.5 Å². The van der Waals surface area contributed by atoms with Crippen molar-refractivity contribution >= 4 is 17.5 Å². The summed E-state index contributed by atoms with van der Waals surface area (Å²) in [7, 11) is 0. The van der Waals surface area contributed by atoms with Gasteiger partial charge in [-0.15, -0.1) is 0 Å². The zero-order valence-corrected chi connectivity index (χ0v) is 18.0. The predicted octanol–water partition coefficient (Wildman–Crippen LogP) is 5.37. The standard InChI is InChI=1S/C23H28F3N3O2/c1-22(2,3)31-21(30)29-14-12-28(13-15-29)19-10-8-18(9-11-19)27-16-17-6-4-5-7-20(17)23(24,25)26/h4-11,27H,12-16H2,1-3H3. The van der Waals surface area contributed by atoms with E-state index in [4.69, 9.17) is 4.74 Å². The van der Waals surface area contributed by atoms with Crippen molar-refractivity contribution in [1.82, 2.24) is 4.90 Å². The minimum atomic E-state index is -4.37. The summed E-state index contributed by atoms with van der Waals surface area (Å²) in [6.45, 7) is 8.14. The molecule has 8 heteroatoms. The molecular weight excluding hydrogens is 407 g/mol. The molecule has 0 atom stereocenters. The van der Waals surface area contributed by atoms with Crippen molar-refractivity contribution in [3.8, 4) is 0 Å². The maximum Gasteiger partial charge on any atom is 0.416 e. The number of hydrogen-bond donors (Lipinski definition) is 1. The molecule has 168 valence electrons. The number of hydrogen-bond acceptors (Lipinski definition) is 4. The van der Waals surface area contributed by atoms with Gasteiger partial charge in [0.15, 0.2) is 0 Å². The summed E-state index contributed by atoms with van der Waals surface area (Å²) < 4.78 is 44.8. The molecule has 0 unspecified atom stereocenters. The fraction of sp³-hybridized carbons (Fsp3) is 0.435. The Labute approximate surface area is 180 Å². The Hall–Kier alpha value is -2.90. The van der Waals surface area contributed by atoms with Crippen LogP contribution in [0, 0.1) is 0 Å². The summed E-state index contributed by atoms with van der Waals surface area (Å²) in [5.41, 5.74) is 0.815. The summed E-state index contributed by atoms with van der Waals surface area (Å²) >= 11 is 0. The van der Waals surface area contributed by atoms with E-state index in [0.717, 1.165) is 17.4 Å². The van der Waals surface area contributed by atoms with Crippen molar-refractivity contribution in [2.24, 2.45) is 0 Å². The van der Waals surface area contributed by atoms with Crippen molar-refractivity contribution in [2.75, 3.05) is 36.4 Å². The van der Waals surface area contributed by atoms with Crippen LogP contribution >= 0.6 is 0 Å². The van der Waals surface area contributed by atoms with Crippen molar-refractivity contribution < 1.29 is 22.7 Å². The average Bonchev–Trinajstić information content (AvgIpc) is 2.71. The molecule has 1 fully saturated rings. The molecule has 1 amide bonds. The van der Waals surface area contributed by atoms with Gasteiger partial charge in [-0.1, -0.05) is 18.2 Å². The molecule has 3 rings (SSSR count). The average molecular weight is 435 g/mol. The first-order valence-electron chi connectivity index (χ1n) is 10.2. The Kier molecular flexibility index (Phi) is 6.67. The van der Waals surface area contributed by atoms with Gasteiger partial charge in [0.05, 0.1) is 5.56 Å². The van der Waals surface area contributed by atoms with Crippen LogP contribution in [-0.4, -0.2) is 42.8 Å². The third-order valence-electron chi connectivity index (χ3n) is 4.97. The van der Waals surface area contributed by atoms with E-state index in [1.807, 2.05) is 45.0 Å². The Morgan fingerprint density at radius 1 is 0.968 bits per heavy atom. The number of carbonyl (C=O) groups is 1. The van der Waals surface area contributed by atoms with Gasteiger partial charge in [-0.3, -0.25) is 0 Å². The zero-order valence-electron chi connectivity index (χ0n) is 18.0. The third kappa shape index (κ3) is 6.29. The van der Waals surface area contributed by atoms with Crippen molar-refractivity contribution in [2.45, 2.75) is 39.1 Å². The first kappa shape index (κ1) is 22.8. The van der Waals surface area contributed by atoms with Crippen LogP contribution in [0.3, 0.4) is 0 Å². The van der Waals surface area contributed by atoms with Crippen LogP contribution in [0.5, 0.6) is 0 Å². The number of ether oxygens (including phenoxy) is 1. The second-order valence-corrected chi connectivity index (χ2v) is 8.51. The largest absolute Gasteiger partial charge is 0.444 e. The summed E-state index contributed by atoms with van der Waals surface area (Å²) in [5.74, 6) is 0. The van der Waals surface area contributed by atoms with E-state index in [1.54, 1.807) is 11.0 Å². The Morgan fingerprint density at radius 2 is 1.58 bits per heavy atom. The maximum absolute atomic E-state index is 13.1. The van der Waals surface area contributed by atoms with Gasteiger partial charge in [0.1, 0.15) is 5.60 Å². The van der Waals surface area contributed by atoms with Crippen molar-refractivity contribution in [3.05, 3.63) is 59.7 Å². The van der Waals surface area contributed by atoms with Crippen LogP contribution in [0.4, 0.5) is 29.3 Å². The van der Waals surface area contributed by atoms with Gasteiger partial charge >= 0.3 is 12.3 Å². The maximum atomic E-state index is 13.1. The lowest BCUT2D eigenvalue weighted by Gasteiger charge is -2.36. The number of nitrogens with one attached hydrogen (secondary N) is 1. The molecule has 0 saturated carbocycles. The van der Waals surface area contributed by atoms with Crippen molar-refractivity contribution in [1.29, 1.82) is 0 Å². The number of benzene rings is 2. The van der Waals surface area contributed by atoms with E-state index >= 15 is 0 Å². The number of rotatable bonds is 4. The highest BCUT2D eigenvalue weighted by Gasteiger charge is 2.32. The van der Waals surface area contributed by atoms with E-state index in [2.05, 4.69) is 10.2 Å². The highest BCUT2D eigenvalue weighted by Crippen LogP contribution is 2.32. The SMILES string of the molecule is CC(C)(C)OC(=O)N1CCN(c2ccc(NCc3ccccc3C(F)(F)F)cc2)CC1. The third-order valence-corrected chi connectivity index (χ3v) is 4.97. The van der Waals surface area contributed by atoms with E-state index < -0.39 is 17.3 Å². The van der Waals surface area contributed by atoms with Gasteiger partial charge in [-0.25, -0.2) is 4.79 Å². The molecular formula is C23H28F3N3O2. The molecule has 1 heterocycles. The van der Waals surface area contributed by atoms with Gasteiger partial charge < -0.3 is 19.9 Å². The second-order valence-electron chi connectivity index (χ2n) is 8.51. The van der Waals surface area contributed by atoms with Gasteiger partial charge in [0, 0.05) is 44.1 Å². The van der Waals surface area contributed by atoms with Gasteiger partial charge in [-0.2, -0.15) is 13.2 Å². The topological polar surface area (TPSA) is 44.8 Å². The Morgan fingerprint density at radius 3 is 2.16 bits per heavy atom. The normalized spacial score (nSPS) is 15.0. The van der Waals surface area contributed by atoms with Crippen LogP contribution in [0.2, 0.25) is 0 Å². The summed E-state index contributed by atoms with van der Waals surface area (Å²) in [6.07, 6.45) is -4.67. The lowest BCUT2D eigenvalue weighted by Crippen LogP contribution is -2.50. The molecule has 1 aliphatic rings. The zero-order chi connectivity index (χ0) is 22.6. The number of anilines is 2. The van der Waals surface area contributed by atoms with Crippen LogP contribution < -0.4 is 10.2 Å². The van der Waals surface area contributed by atoms with E-state index in [-0.39, 0.29) is 18.2 Å². The minimum absolute atomic E-state index is 0.0869. The number of amides is 1. The molecule has 0 aliphatic carbocycles. The smallest absolute Gasteiger partial charge is 0.416 e. The van der Waals surface area contributed by atoms with E-state index in [0.29, 0.717) is 26.2 Å². The lowest BCUT2D eigenvalue weighted by atomic mass is 10.1. The molecule has 1 N–H and O–H groups in total. The number of carbonyl (C=O) groups excluding carboxylic acids is 1. The molecule has 1 saturated heterocycles. The fourth-order valence-corrected chi connectivity index (χ4v) is 3.41. The Bertz CT molecular complexity index is 884. The molecule has 5 nitrogen and oxygen atoms in total. The summed E-state index contributed by atoms with van der Waals surface area (Å²) in [6, 6.07) is 13.1. The van der Waals surface area contributed by atoms with Gasteiger partial charge in [0.2, 0.25) is 0 Å². The molecule has 2 aromatic carbocycles. The second kappa shape index (κ2) is 9.08. The quantitative estimate of drug-likeness (QED) is 0.701. The molecule has 0 aromatic heterocycles. The predicted molar refractivity (Wildman–Crippen MR) is 115 cm³/mol. The first-order valence-corrected chi connectivity index (χ1v) is 10.2. The number of halogens is 3. The molecule has 1 aliphatic heterocycles. The van der Waals surface area contributed by atoms with Gasteiger partial charge in [0.25, 0.3) is 0 Å². The highest BCUT2D eigenvalue weighted by molar-refractivity contribution is 5.68. The van der Waals surface area contributed by atoms with Crippen LogP contribution in [0.1, 0.15) is 31.9 Å². The molecule has 2 aromatic rings. The minimum Gasteiger partial charge on any atom is -0.444 e. The molecule has 0 radical (unpaired) electrons. The highest BCUT2D eigenvalue weighted by atomic mass is 19.4. The number of alkyl halides is 3. The van der Waals surface area contributed by atoms with E-state index in [1.165, 1.54) is 12.1 Å². The fourth-order valence-electron chi connectivity index (χ4n) is 3.41. The first-order chi connectivity index (χ1) is 14.5. The Balaban J connectivity index is 1.54. The molecule has 31 heavy (non-hydrogen) atoms. The molecule has 0 spiro atoms. The van der Waals surface area contributed by atoms with Crippen LogP contribution in [-0.2, 0) is 17.5 Å². The number of piperazine rings is 1. The van der Waals surface area contributed by atoms with Gasteiger partial charge in [-0.05, 0) is 56.7 Å².